The number of nitrogens with zero attached hydrogens (tertiary/aromatic N) is 3. The summed E-state index contributed by atoms with van der Waals surface area (Å²) in [5, 5.41) is 14.5. The van der Waals surface area contributed by atoms with Crippen LogP contribution in [0.1, 0.15) is 25.2 Å². The van der Waals surface area contributed by atoms with Gasteiger partial charge in [-0.15, -0.1) is 22.0 Å². The molecule has 7 nitrogen and oxygen atoms in total. The lowest BCUT2D eigenvalue weighted by atomic mass is 10.2. The van der Waals surface area contributed by atoms with Crippen molar-refractivity contribution in [2.45, 2.75) is 41.8 Å². The molecule has 9 heteroatoms. The van der Waals surface area contributed by atoms with Crippen molar-refractivity contribution in [2.24, 2.45) is 7.05 Å². The van der Waals surface area contributed by atoms with Crippen molar-refractivity contribution in [1.82, 2.24) is 14.8 Å². The van der Waals surface area contributed by atoms with Crippen molar-refractivity contribution < 1.29 is 9.59 Å². The zero-order chi connectivity index (χ0) is 22.4. The molecule has 0 saturated heterocycles. The molecule has 0 radical (unpaired) electrons. The van der Waals surface area contributed by atoms with Gasteiger partial charge in [0.05, 0.1) is 11.0 Å². The maximum Gasteiger partial charge on any atom is 0.237 e. The van der Waals surface area contributed by atoms with Gasteiger partial charge in [-0.05, 0) is 50.2 Å². The van der Waals surface area contributed by atoms with Gasteiger partial charge in [0.2, 0.25) is 11.8 Å². The van der Waals surface area contributed by atoms with Crippen LogP contribution in [-0.4, -0.2) is 31.8 Å². The molecule has 0 fully saturated rings. The minimum Gasteiger partial charge on any atom is -0.326 e. The predicted octanol–water partition coefficient (Wildman–Crippen LogP) is 4.49. The molecule has 0 aliphatic carbocycles. The van der Waals surface area contributed by atoms with Crippen LogP contribution in [0.4, 0.5) is 11.4 Å². The number of rotatable bonds is 8. The molecule has 2 aromatic carbocycles. The quantitative estimate of drug-likeness (QED) is 0.487. The van der Waals surface area contributed by atoms with E-state index in [1.165, 1.54) is 29.1 Å². The number of aryl methyl sites for hydroxylation is 1. The molecule has 1 heterocycles. The number of carbonyl (C=O) groups is 2. The van der Waals surface area contributed by atoms with Crippen LogP contribution in [0.5, 0.6) is 0 Å². The number of nitrogens with one attached hydrogen (secondary N) is 2. The van der Waals surface area contributed by atoms with Crippen LogP contribution in [0.2, 0.25) is 0 Å². The highest BCUT2D eigenvalue weighted by Crippen LogP contribution is 2.26. The van der Waals surface area contributed by atoms with Crippen molar-refractivity contribution in [1.29, 1.82) is 0 Å². The Morgan fingerprint density at radius 2 is 1.61 bits per heavy atom. The van der Waals surface area contributed by atoms with Gasteiger partial charge in [-0.3, -0.25) is 9.59 Å². The third kappa shape index (κ3) is 6.60. The number of hydrogen-bond donors (Lipinski definition) is 2. The Morgan fingerprint density at radius 1 is 1.00 bits per heavy atom. The van der Waals surface area contributed by atoms with Gasteiger partial charge in [-0.1, -0.05) is 29.5 Å². The van der Waals surface area contributed by atoms with E-state index in [0.29, 0.717) is 22.3 Å². The van der Waals surface area contributed by atoms with Gasteiger partial charge in [0.1, 0.15) is 5.82 Å². The summed E-state index contributed by atoms with van der Waals surface area (Å²) in [6.07, 6.45) is 0. The van der Waals surface area contributed by atoms with E-state index in [-0.39, 0.29) is 17.1 Å². The first-order chi connectivity index (χ1) is 14.8. The number of hydrogen-bond acceptors (Lipinski definition) is 6. The summed E-state index contributed by atoms with van der Waals surface area (Å²) in [4.78, 5) is 24.8. The van der Waals surface area contributed by atoms with Gasteiger partial charge >= 0.3 is 0 Å². The van der Waals surface area contributed by atoms with E-state index in [2.05, 4.69) is 52.0 Å². The Morgan fingerprint density at radius 3 is 2.23 bits per heavy atom. The minimum absolute atomic E-state index is 0.129. The molecule has 31 heavy (non-hydrogen) atoms. The number of anilines is 2. The molecule has 1 atom stereocenters. The largest absolute Gasteiger partial charge is 0.326 e. The van der Waals surface area contributed by atoms with Crippen molar-refractivity contribution in [3.8, 4) is 0 Å². The highest BCUT2D eigenvalue weighted by Gasteiger charge is 2.19. The van der Waals surface area contributed by atoms with Crippen LogP contribution >= 0.6 is 23.5 Å². The number of aromatic nitrogens is 3. The van der Waals surface area contributed by atoms with Crippen LogP contribution in [0.15, 0.2) is 58.6 Å². The topological polar surface area (TPSA) is 88.9 Å². The van der Waals surface area contributed by atoms with Crippen molar-refractivity contribution in [2.75, 3.05) is 10.6 Å². The lowest BCUT2D eigenvalue weighted by Gasteiger charge is -2.12. The zero-order valence-corrected chi connectivity index (χ0v) is 19.5. The highest BCUT2D eigenvalue weighted by atomic mass is 32.2. The van der Waals surface area contributed by atoms with Crippen molar-refractivity contribution in [3.05, 3.63) is 59.9 Å². The fourth-order valence-electron chi connectivity index (χ4n) is 2.65. The second kappa shape index (κ2) is 10.5. The summed E-state index contributed by atoms with van der Waals surface area (Å²) in [6, 6.07) is 15.4. The first-order valence-electron chi connectivity index (χ1n) is 9.74. The number of amides is 2. The van der Waals surface area contributed by atoms with Crippen LogP contribution in [0.3, 0.4) is 0 Å². The summed E-state index contributed by atoms with van der Waals surface area (Å²) >= 11 is 3.07. The first-order valence-corrected chi connectivity index (χ1v) is 11.6. The maximum atomic E-state index is 12.6. The fraction of sp³-hybridized carbons (Fsp3) is 0.273. The average Bonchev–Trinajstić information content (AvgIpc) is 3.08. The van der Waals surface area contributed by atoms with Gasteiger partial charge in [0, 0.05) is 30.2 Å². The van der Waals surface area contributed by atoms with Gasteiger partial charge in [0.15, 0.2) is 5.16 Å². The molecule has 0 spiro atoms. The van der Waals surface area contributed by atoms with Crippen molar-refractivity contribution in [3.63, 3.8) is 0 Å². The smallest absolute Gasteiger partial charge is 0.237 e. The molecule has 3 rings (SSSR count). The Hall–Kier alpha value is -2.78. The van der Waals surface area contributed by atoms with Crippen LogP contribution in [0.25, 0.3) is 0 Å². The molecule has 1 aromatic heterocycles. The second-order valence-corrected chi connectivity index (χ2v) is 9.42. The summed E-state index contributed by atoms with van der Waals surface area (Å²) in [6.45, 7) is 5.35. The van der Waals surface area contributed by atoms with E-state index in [1.54, 1.807) is 36.0 Å². The number of carbonyl (C=O) groups excluding carboxylic acids is 2. The first kappa shape index (κ1) is 22.9. The van der Waals surface area contributed by atoms with E-state index in [0.717, 1.165) is 5.82 Å². The van der Waals surface area contributed by atoms with Gasteiger partial charge in [-0.25, -0.2) is 0 Å². The molecule has 162 valence electrons. The molecule has 3 aromatic rings. The number of benzene rings is 2. The lowest BCUT2D eigenvalue weighted by Crippen LogP contribution is -2.22. The summed E-state index contributed by atoms with van der Waals surface area (Å²) in [5.41, 5.74) is 2.58. The monoisotopic (exact) mass is 455 g/mol. The van der Waals surface area contributed by atoms with Crippen molar-refractivity contribution >= 4 is 46.7 Å². The maximum absolute atomic E-state index is 12.6. The Bertz CT molecular complexity index is 1050. The molecule has 2 amide bonds. The molecule has 0 aliphatic rings. The van der Waals surface area contributed by atoms with Gasteiger partial charge < -0.3 is 15.2 Å². The minimum atomic E-state index is -0.351. The Kier molecular flexibility index (Phi) is 7.75. The predicted molar refractivity (Wildman–Crippen MR) is 126 cm³/mol. The summed E-state index contributed by atoms with van der Waals surface area (Å²) in [5.74, 6) is 1.29. The molecule has 0 bridgehead atoms. The standard InChI is InChI=1S/C22H25N5O2S2/c1-14-5-11-19(12-6-14)30-13-20-25-26-22(27(20)4)31-15(2)21(29)24-18-9-7-17(8-10-18)23-16(3)28/h5-12,15H,13H2,1-4H3,(H,23,28)(H,24,29). The molecule has 1 unspecified atom stereocenters. The molecule has 0 saturated carbocycles. The zero-order valence-electron chi connectivity index (χ0n) is 17.9. The molecular formula is C22H25N5O2S2. The highest BCUT2D eigenvalue weighted by molar-refractivity contribution is 8.00. The second-order valence-electron chi connectivity index (χ2n) is 7.07. The summed E-state index contributed by atoms with van der Waals surface area (Å²) in [7, 11) is 1.92. The van der Waals surface area contributed by atoms with E-state index in [4.69, 9.17) is 0 Å². The van der Waals surface area contributed by atoms with Crippen LogP contribution < -0.4 is 10.6 Å². The van der Waals surface area contributed by atoms with E-state index < -0.39 is 0 Å². The SMILES string of the molecule is CC(=O)Nc1ccc(NC(=O)C(C)Sc2nnc(CSc3ccc(C)cc3)n2C)cc1. The van der Waals surface area contributed by atoms with Crippen LogP contribution in [-0.2, 0) is 22.4 Å². The third-order valence-electron chi connectivity index (χ3n) is 4.44. The lowest BCUT2D eigenvalue weighted by molar-refractivity contribution is -0.115. The normalized spacial score (nSPS) is 11.7. The average molecular weight is 456 g/mol. The van der Waals surface area contributed by atoms with Gasteiger partial charge in [-0.2, -0.15) is 0 Å². The Balaban J connectivity index is 1.54. The van der Waals surface area contributed by atoms with Gasteiger partial charge in [0.25, 0.3) is 0 Å². The molecule has 2 N–H and O–H groups in total. The fourth-order valence-corrected chi connectivity index (χ4v) is 4.36. The van der Waals surface area contributed by atoms with E-state index in [1.807, 2.05) is 18.5 Å². The number of thioether (sulfide) groups is 2. The Labute approximate surface area is 190 Å². The molecular weight excluding hydrogens is 430 g/mol. The molecule has 0 aliphatic heterocycles. The third-order valence-corrected chi connectivity index (χ3v) is 6.58. The summed E-state index contributed by atoms with van der Waals surface area (Å²) < 4.78 is 1.93. The van der Waals surface area contributed by atoms with E-state index >= 15 is 0 Å². The van der Waals surface area contributed by atoms with Crippen LogP contribution in [0, 0.1) is 6.92 Å². The van der Waals surface area contributed by atoms with E-state index in [9.17, 15) is 9.59 Å².